The zero-order valence-electron chi connectivity index (χ0n) is 14.1. The van der Waals surface area contributed by atoms with E-state index in [0.29, 0.717) is 5.16 Å². The molecule has 0 aliphatic heterocycles. The van der Waals surface area contributed by atoms with Gasteiger partial charge in [0, 0.05) is 11.4 Å². The Kier molecular flexibility index (Phi) is 5.40. The Morgan fingerprint density at radius 1 is 0.880 bits per heavy atom. The van der Waals surface area contributed by atoms with E-state index in [2.05, 4.69) is 15.2 Å². The molecule has 0 bridgehead atoms. The molecule has 2 aromatic carbocycles. The maximum absolute atomic E-state index is 12.9. The molecular weight excluding hydrogens is 332 g/mol. The fourth-order valence-electron chi connectivity index (χ4n) is 2.28. The minimum Gasteiger partial charge on any atom is -0.280 e. The smallest absolute Gasteiger partial charge is 0.242 e. The van der Waals surface area contributed by atoms with Crippen molar-refractivity contribution in [1.82, 2.24) is 15.2 Å². The van der Waals surface area contributed by atoms with E-state index < -0.39 is 0 Å². The van der Waals surface area contributed by atoms with E-state index in [1.165, 1.54) is 11.8 Å². The van der Waals surface area contributed by atoms with Gasteiger partial charge in [0.2, 0.25) is 11.1 Å². The number of nitrogens with zero attached hydrogens (tertiary/aromatic N) is 4. The maximum Gasteiger partial charge on any atom is 0.242 e. The van der Waals surface area contributed by atoms with E-state index in [1.54, 1.807) is 4.90 Å². The fraction of sp³-hybridized carbons (Fsp3) is 0.158. The lowest BCUT2D eigenvalue weighted by Crippen LogP contribution is -2.27. The highest BCUT2D eigenvalue weighted by molar-refractivity contribution is 7.99. The van der Waals surface area contributed by atoms with E-state index >= 15 is 0 Å². The number of hydrogen-bond donors (Lipinski definition) is 0. The Morgan fingerprint density at radius 3 is 1.96 bits per heavy atom. The van der Waals surface area contributed by atoms with Crippen LogP contribution in [0.3, 0.4) is 0 Å². The van der Waals surface area contributed by atoms with Gasteiger partial charge in [0.25, 0.3) is 0 Å². The van der Waals surface area contributed by atoms with E-state index in [9.17, 15) is 4.79 Å². The monoisotopic (exact) mass is 350 g/mol. The Hall–Kier alpha value is -2.73. The number of carbonyl (C=O) groups excluding carboxylic acids is 1. The molecule has 0 atom stereocenters. The van der Waals surface area contributed by atoms with Crippen LogP contribution in [0.2, 0.25) is 0 Å². The van der Waals surface area contributed by atoms with E-state index in [1.807, 2.05) is 74.5 Å². The highest BCUT2D eigenvalue weighted by Crippen LogP contribution is 2.26. The zero-order chi connectivity index (χ0) is 17.6. The second-order valence-electron chi connectivity index (χ2n) is 5.45. The van der Waals surface area contributed by atoms with Crippen molar-refractivity contribution in [2.75, 3.05) is 10.7 Å². The lowest BCUT2D eigenvalue weighted by Gasteiger charge is -2.22. The summed E-state index contributed by atoms with van der Waals surface area (Å²) in [5.74, 6) is 0.192. The number of anilines is 2. The van der Waals surface area contributed by atoms with E-state index in [0.717, 1.165) is 22.8 Å². The van der Waals surface area contributed by atoms with Gasteiger partial charge in [-0.15, -0.1) is 5.10 Å². The van der Waals surface area contributed by atoms with Crippen LogP contribution in [0.4, 0.5) is 11.4 Å². The van der Waals surface area contributed by atoms with Gasteiger partial charge in [-0.2, -0.15) is 5.10 Å². The molecule has 3 aromatic rings. The normalized spacial score (nSPS) is 10.5. The summed E-state index contributed by atoms with van der Waals surface area (Å²) in [6.45, 7) is 3.75. The van der Waals surface area contributed by atoms with Crippen LogP contribution in [-0.4, -0.2) is 26.8 Å². The van der Waals surface area contributed by atoms with Crippen LogP contribution in [0.15, 0.2) is 65.8 Å². The van der Waals surface area contributed by atoms with Gasteiger partial charge in [-0.1, -0.05) is 48.2 Å². The molecule has 0 aliphatic carbocycles. The predicted octanol–water partition coefficient (Wildman–Crippen LogP) is 3.95. The van der Waals surface area contributed by atoms with Crippen LogP contribution in [0.25, 0.3) is 0 Å². The molecule has 0 aliphatic rings. The molecule has 3 rings (SSSR count). The Bertz CT molecular complexity index is 816. The highest BCUT2D eigenvalue weighted by Gasteiger charge is 2.18. The second kappa shape index (κ2) is 7.90. The van der Waals surface area contributed by atoms with Gasteiger partial charge >= 0.3 is 0 Å². The lowest BCUT2D eigenvalue weighted by atomic mass is 10.2. The number of amides is 1. The molecule has 1 heterocycles. The highest BCUT2D eigenvalue weighted by atomic mass is 32.2. The van der Waals surface area contributed by atoms with Crippen molar-refractivity contribution >= 4 is 29.0 Å². The van der Waals surface area contributed by atoms with Gasteiger partial charge in [-0.05, 0) is 38.1 Å². The fourth-order valence-corrected chi connectivity index (χ4v) is 2.96. The average Bonchev–Trinajstić information content (AvgIpc) is 2.65. The number of para-hydroxylation sites is 2. The Balaban J connectivity index is 1.81. The third kappa shape index (κ3) is 4.22. The second-order valence-corrected chi connectivity index (χ2v) is 6.40. The molecule has 1 amide bonds. The summed E-state index contributed by atoms with van der Waals surface area (Å²) >= 11 is 1.29. The van der Waals surface area contributed by atoms with Crippen LogP contribution in [0.5, 0.6) is 0 Å². The topological polar surface area (TPSA) is 59.0 Å². The molecule has 0 saturated carbocycles. The number of benzene rings is 2. The van der Waals surface area contributed by atoms with Gasteiger partial charge < -0.3 is 0 Å². The van der Waals surface area contributed by atoms with Gasteiger partial charge in [0.15, 0.2) is 0 Å². The molecule has 25 heavy (non-hydrogen) atoms. The average molecular weight is 350 g/mol. The summed E-state index contributed by atoms with van der Waals surface area (Å²) in [7, 11) is 0. The summed E-state index contributed by atoms with van der Waals surface area (Å²) < 4.78 is 0. The van der Waals surface area contributed by atoms with Crippen LogP contribution < -0.4 is 4.90 Å². The van der Waals surface area contributed by atoms with E-state index in [-0.39, 0.29) is 11.7 Å². The maximum atomic E-state index is 12.9. The van der Waals surface area contributed by atoms with Crippen molar-refractivity contribution in [3.05, 3.63) is 72.1 Å². The molecule has 0 radical (unpaired) electrons. The molecule has 0 N–H and O–H groups in total. The first-order valence-corrected chi connectivity index (χ1v) is 8.87. The molecule has 126 valence electrons. The van der Waals surface area contributed by atoms with Crippen molar-refractivity contribution in [2.24, 2.45) is 0 Å². The molecular formula is C19H18N4OS. The molecule has 1 aromatic heterocycles. The zero-order valence-corrected chi connectivity index (χ0v) is 14.9. The summed E-state index contributed by atoms with van der Waals surface area (Å²) in [6.07, 6.45) is 0. The number of aryl methyl sites for hydroxylation is 2. The number of carbonyl (C=O) groups is 1. The Morgan fingerprint density at radius 2 is 1.44 bits per heavy atom. The third-order valence-corrected chi connectivity index (χ3v) is 4.50. The van der Waals surface area contributed by atoms with Crippen LogP contribution in [0, 0.1) is 13.8 Å². The first-order chi connectivity index (χ1) is 12.1. The summed E-state index contributed by atoms with van der Waals surface area (Å²) in [4.78, 5) is 19.0. The van der Waals surface area contributed by atoms with Crippen molar-refractivity contribution in [1.29, 1.82) is 0 Å². The minimum atomic E-state index is -0.0378. The molecule has 5 nitrogen and oxygen atoms in total. The van der Waals surface area contributed by atoms with Crippen molar-refractivity contribution in [3.63, 3.8) is 0 Å². The van der Waals surface area contributed by atoms with Gasteiger partial charge in [-0.25, -0.2) is 4.98 Å². The first-order valence-electron chi connectivity index (χ1n) is 7.89. The Labute approximate surface area is 151 Å². The molecule has 0 unspecified atom stereocenters. The van der Waals surface area contributed by atoms with Crippen LogP contribution in [-0.2, 0) is 4.79 Å². The van der Waals surface area contributed by atoms with Crippen molar-refractivity contribution < 1.29 is 4.79 Å². The lowest BCUT2D eigenvalue weighted by molar-refractivity contribution is -0.115. The quantitative estimate of drug-likeness (QED) is 0.652. The predicted molar refractivity (Wildman–Crippen MR) is 100 cm³/mol. The molecule has 6 heteroatoms. The number of hydrogen-bond acceptors (Lipinski definition) is 5. The number of aromatic nitrogens is 3. The van der Waals surface area contributed by atoms with Gasteiger partial charge in [-0.3, -0.25) is 9.69 Å². The number of rotatable bonds is 5. The van der Waals surface area contributed by atoms with Crippen molar-refractivity contribution in [3.8, 4) is 0 Å². The molecule has 0 spiro atoms. The van der Waals surface area contributed by atoms with Crippen molar-refractivity contribution in [2.45, 2.75) is 19.0 Å². The minimum absolute atomic E-state index is 0.0378. The number of thioether (sulfide) groups is 1. The van der Waals surface area contributed by atoms with Gasteiger partial charge in [0.1, 0.15) is 0 Å². The summed E-state index contributed by atoms with van der Waals surface area (Å²) in [5, 5.41) is 8.62. The van der Waals surface area contributed by atoms with E-state index in [4.69, 9.17) is 0 Å². The van der Waals surface area contributed by atoms with Crippen LogP contribution in [0.1, 0.15) is 11.4 Å². The van der Waals surface area contributed by atoms with Crippen LogP contribution >= 0.6 is 11.8 Å². The molecule has 0 saturated heterocycles. The SMILES string of the molecule is Cc1nnc(SCC(=O)N(c2ccccc2)c2ccccc2)nc1C. The first kappa shape index (κ1) is 17.1. The van der Waals surface area contributed by atoms with Gasteiger partial charge in [0.05, 0.1) is 17.1 Å². The largest absolute Gasteiger partial charge is 0.280 e. The molecule has 0 fully saturated rings. The summed E-state index contributed by atoms with van der Waals surface area (Å²) in [6, 6.07) is 19.2. The standard InChI is InChI=1S/C19H18N4OS/c1-14-15(2)21-22-19(20-14)25-13-18(24)23(16-9-5-3-6-10-16)17-11-7-4-8-12-17/h3-12H,13H2,1-2H3. The summed E-state index contributed by atoms with van der Waals surface area (Å²) in [5.41, 5.74) is 3.29. The third-order valence-electron chi connectivity index (χ3n) is 3.68.